The van der Waals surface area contributed by atoms with Crippen molar-refractivity contribution in [3.8, 4) is 11.4 Å². The van der Waals surface area contributed by atoms with E-state index in [1.54, 1.807) is 29.5 Å². The maximum absolute atomic E-state index is 13.1. The van der Waals surface area contributed by atoms with Gasteiger partial charge in [0.2, 0.25) is 0 Å². The van der Waals surface area contributed by atoms with Crippen LogP contribution < -0.4 is 0 Å². The van der Waals surface area contributed by atoms with E-state index in [4.69, 9.17) is 0 Å². The SMILES string of the molecule is C=CCn1c(SCC(=O)c2cc(C)n(Cc3cccs3)c2C)nnc1-c1ccc([N+](=O)[O-])cc1. The lowest BCUT2D eigenvalue weighted by Gasteiger charge is -2.09. The van der Waals surface area contributed by atoms with Gasteiger partial charge in [0.05, 0.1) is 17.2 Å². The van der Waals surface area contributed by atoms with Crippen LogP contribution in [-0.2, 0) is 13.1 Å². The third-order valence-corrected chi connectivity index (χ3v) is 7.29. The number of rotatable bonds is 10. The highest BCUT2D eigenvalue weighted by Gasteiger charge is 2.19. The molecule has 0 fully saturated rings. The van der Waals surface area contributed by atoms with Gasteiger partial charge in [0, 0.05) is 46.1 Å². The highest BCUT2D eigenvalue weighted by Crippen LogP contribution is 2.27. The number of nitrogens with zero attached hydrogens (tertiary/aromatic N) is 5. The van der Waals surface area contributed by atoms with Crippen LogP contribution in [0, 0.1) is 24.0 Å². The maximum atomic E-state index is 13.1. The van der Waals surface area contributed by atoms with Crippen molar-refractivity contribution in [2.75, 3.05) is 5.75 Å². The zero-order chi connectivity index (χ0) is 24.2. The topological polar surface area (TPSA) is 95.8 Å². The summed E-state index contributed by atoms with van der Waals surface area (Å²) in [4.78, 5) is 24.8. The second-order valence-electron chi connectivity index (χ2n) is 7.67. The summed E-state index contributed by atoms with van der Waals surface area (Å²) in [5, 5.41) is 22.1. The zero-order valence-corrected chi connectivity index (χ0v) is 20.4. The van der Waals surface area contributed by atoms with E-state index in [-0.39, 0.29) is 17.2 Å². The fraction of sp³-hybridized carbons (Fsp3) is 0.208. The Balaban J connectivity index is 1.52. The van der Waals surface area contributed by atoms with Crippen molar-refractivity contribution in [2.24, 2.45) is 0 Å². The number of nitro groups is 1. The van der Waals surface area contributed by atoms with Gasteiger partial charge in [-0.15, -0.1) is 28.1 Å². The lowest BCUT2D eigenvalue weighted by atomic mass is 10.2. The molecule has 0 spiro atoms. The van der Waals surface area contributed by atoms with Crippen LogP contribution in [0.15, 0.2) is 65.7 Å². The van der Waals surface area contributed by atoms with E-state index in [0.717, 1.165) is 17.9 Å². The van der Waals surface area contributed by atoms with E-state index in [1.807, 2.05) is 30.5 Å². The van der Waals surface area contributed by atoms with E-state index in [9.17, 15) is 14.9 Å². The molecule has 10 heteroatoms. The van der Waals surface area contributed by atoms with Gasteiger partial charge in [0.15, 0.2) is 16.8 Å². The molecule has 0 saturated heterocycles. The van der Waals surface area contributed by atoms with Crippen LogP contribution in [0.3, 0.4) is 0 Å². The molecule has 34 heavy (non-hydrogen) atoms. The minimum absolute atomic E-state index is 0.00964. The Morgan fingerprint density at radius 3 is 2.62 bits per heavy atom. The summed E-state index contributed by atoms with van der Waals surface area (Å²) in [5.41, 5.74) is 3.43. The third-order valence-electron chi connectivity index (χ3n) is 5.47. The van der Waals surface area contributed by atoms with Crippen LogP contribution >= 0.6 is 23.1 Å². The molecule has 0 radical (unpaired) electrons. The van der Waals surface area contributed by atoms with Crippen molar-refractivity contribution < 1.29 is 9.72 Å². The summed E-state index contributed by atoms with van der Waals surface area (Å²) >= 11 is 3.02. The number of hydrogen-bond donors (Lipinski definition) is 0. The Morgan fingerprint density at radius 2 is 1.97 bits per heavy atom. The number of benzene rings is 1. The molecular weight excluding hydrogens is 470 g/mol. The predicted octanol–water partition coefficient (Wildman–Crippen LogP) is 5.54. The number of thioether (sulfide) groups is 1. The molecule has 0 aliphatic carbocycles. The first-order valence-corrected chi connectivity index (χ1v) is 12.4. The lowest BCUT2D eigenvalue weighted by molar-refractivity contribution is -0.384. The van der Waals surface area contributed by atoms with E-state index in [1.165, 1.54) is 28.8 Å². The van der Waals surface area contributed by atoms with Crippen molar-refractivity contribution in [1.29, 1.82) is 0 Å². The quantitative estimate of drug-likeness (QED) is 0.0946. The summed E-state index contributed by atoms with van der Waals surface area (Å²) in [6.07, 6.45) is 1.72. The predicted molar refractivity (Wildman–Crippen MR) is 135 cm³/mol. The number of hydrogen-bond acceptors (Lipinski definition) is 7. The van der Waals surface area contributed by atoms with Crippen LogP contribution in [-0.4, -0.2) is 35.8 Å². The van der Waals surface area contributed by atoms with E-state index >= 15 is 0 Å². The third kappa shape index (κ3) is 4.87. The molecule has 3 aromatic heterocycles. The molecule has 174 valence electrons. The van der Waals surface area contributed by atoms with Crippen molar-refractivity contribution >= 4 is 34.6 Å². The maximum Gasteiger partial charge on any atom is 0.269 e. The van der Waals surface area contributed by atoms with Crippen molar-refractivity contribution in [2.45, 2.75) is 32.1 Å². The normalized spacial score (nSPS) is 11.0. The number of non-ortho nitro benzene ring substituents is 1. The molecular formula is C24H23N5O3S2. The summed E-state index contributed by atoms with van der Waals surface area (Å²) in [6.45, 7) is 9.00. The van der Waals surface area contributed by atoms with Gasteiger partial charge in [-0.2, -0.15) is 0 Å². The van der Waals surface area contributed by atoms with Crippen molar-refractivity contribution in [1.82, 2.24) is 19.3 Å². The number of nitro benzene ring substituents is 1. The molecule has 0 saturated carbocycles. The first-order chi connectivity index (χ1) is 16.4. The fourth-order valence-electron chi connectivity index (χ4n) is 3.73. The van der Waals surface area contributed by atoms with Crippen LogP contribution in [0.25, 0.3) is 11.4 Å². The number of allylic oxidation sites excluding steroid dienone is 1. The number of carbonyl (C=O) groups is 1. The highest BCUT2D eigenvalue weighted by atomic mass is 32.2. The van der Waals surface area contributed by atoms with Gasteiger partial charge in [0.1, 0.15) is 0 Å². The highest BCUT2D eigenvalue weighted by molar-refractivity contribution is 7.99. The number of aromatic nitrogens is 4. The average molecular weight is 494 g/mol. The zero-order valence-electron chi connectivity index (χ0n) is 18.8. The Labute approximate surface area is 205 Å². The summed E-state index contributed by atoms with van der Waals surface area (Å²) in [6, 6.07) is 12.2. The van der Waals surface area contributed by atoms with E-state index in [2.05, 4.69) is 32.8 Å². The van der Waals surface area contributed by atoms with Gasteiger partial charge in [-0.3, -0.25) is 19.5 Å². The molecule has 0 N–H and O–H groups in total. The first-order valence-electron chi connectivity index (χ1n) is 10.5. The molecule has 0 unspecified atom stereocenters. The lowest BCUT2D eigenvalue weighted by Crippen LogP contribution is -2.08. The van der Waals surface area contributed by atoms with Crippen molar-refractivity contribution in [3.05, 3.63) is 92.4 Å². The molecule has 4 rings (SSSR count). The molecule has 1 aromatic carbocycles. The molecule has 0 bridgehead atoms. The average Bonchev–Trinajstić information content (AvgIpc) is 3.55. The number of Topliss-reactive ketones (excluding diaryl/α,β-unsaturated/α-hetero) is 1. The second-order valence-corrected chi connectivity index (χ2v) is 9.65. The molecule has 3 heterocycles. The van der Waals surface area contributed by atoms with Crippen LogP contribution in [0.1, 0.15) is 26.6 Å². The molecule has 4 aromatic rings. The number of ketones is 1. The minimum Gasteiger partial charge on any atom is -0.343 e. The monoisotopic (exact) mass is 493 g/mol. The van der Waals surface area contributed by atoms with Gasteiger partial charge < -0.3 is 4.57 Å². The fourth-order valence-corrected chi connectivity index (χ4v) is 5.25. The minimum atomic E-state index is -0.442. The molecule has 8 nitrogen and oxygen atoms in total. The van der Waals surface area contributed by atoms with Gasteiger partial charge in [-0.25, -0.2) is 0 Å². The molecule has 0 aliphatic rings. The standard InChI is InChI=1S/C24H23N5O3S2/c1-4-11-27-23(18-7-9-19(10-8-18)29(31)32)25-26-24(27)34-15-22(30)21-13-16(2)28(17(21)3)14-20-6-5-12-33-20/h4-10,12-13H,1,11,14-15H2,2-3H3. The van der Waals surface area contributed by atoms with Crippen LogP contribution in [0.5, 0.6) is 0 Å². The Kier molecular flexibility index (Phi) is 7.09. The Morgan fingerprint density at radius 1 is 1.21 bits per heavy atom. The van der Waals surface area contributed by atoms with Crippen LogP contribution in [0.4, 0.5) is 5.69 Å². The molecule has 0 atom stereocenters. The summed E-state index contributed by atoms with van der Waals surface area (Å²) in [7, 11) is 0. The van der Waals surface area contributed by atoms with Crippen molar-refractivity contribution in [3.63, 3.8) is 0 Å². The number of aryl methyl sites for hydroxylation is 1. The van der Waals surface area contributed by atoms with Gasteiger partial charge >= 0.3 is 0 Å². The summed E-state index contributed by atoms with van der Waals surface area (Å²) < 4.78 is 4.02. The largest absolute Gasteiger partial charge is 0.343 e. The second kappa shape index (κ2) is 10.2. The van der Waals surface area contributed by atoms with Gasteiger partial charge in [-0.05, 0) is 43.5 Å². The Bertz CT molecular complexity index is 1340. The van der Waals surface area contributed by atoms with E-state index in [0.29, 0.717) is 28.7 Å². The summed E-state index contributed by atoms with van der Waals surface area (Å²) in [5.74, 6) is 0.818. The number of thiophene rings is 1. The first kappa shape index (κ1) is 23.7. The van der Waals surface area contributed by atoms with Crippen LogP contribution in [0.2, 0.25) is 0 Å². The number of carbonyl (C=O) groups excluding carboxylic acids is 1. The molecule has 0 amide bonds. The molecule has 0 aliphatic heterocycles. The van der Waals surface area contributed by atoms with Gasteiger partial charge in [-0.1, -0.05) is 23.9 Å². The smallest absolute Gasteiger partial charge is 0.269 e. The Hall–Kier alpha value is -3.50. The van der Waals surface area contributed by atoms with Gasteiger partial charge in [0.25, 0.3) is 5.69 Å². The van der Waals surface area contributed by atoms with E-state index < -0.39 is 4.92 Å².